The van der Waals surface area contributed by atoms with Gasteiger partial charge in [0.1, 0.15) is 0 Å². The molecule has 0 bridgehead atoms. The summed E-state index contributed by atoms with van der Waals surface area (Å²) in [5.74, 6) is 0. The number of aliphatic hydroxyl groups is 1. The number of nitrogens with one attached hydrogen (secondary N) is 1. The Balaban J connectivity index is 2.24. The highest BCUT2D eigenvalue weighted by molar-refractivity contribution is 9.10. The zero-order chi connectivity index (χ0) is 14.8. The number of rotatable bonds is 4. The molecule has 2 aromatic rings. The molecule has 0 amide bonds. The van der Waals surface area contributed by atoms with Gasteiger partial charge >= 0.3 is 6.18 Å². The number of anilines is 1. The molecular formula is C12H10BrF3N2OS. The van der Waals surface area contributed by atoms with Crippen LogP contribution in [0.15, 0.2) is 33.6 Å². The SMILES string of the molecule is OC(c1ccc(Br)cc1NCc1cscn1)C(F)(F)F. The summed E-state index contributed by atoms with van der Waals surface area (Å²) in [6.45, 7) is 0.289. The quantitative estimate of drug-likeness (QED) is 0.855. The summed E-state index contributed by atoms with van der Waals surface area (Å²) in [4.78, 5) is 4.04. The Morgan fingerprint density at radius 1 is 1.40 bits per heavy atom. The standard InChI is InChI=1S/C12H10BrF3N2OS/c13-7-1-2-9(11(19)12(14,15)16)10(3-7)17-4-8-5-20-6-18-8/h1-3,5-6,11,17,19H,4H2. The fourth-order valence-electron chi connectivity index (χ4n) is 1.61. The summed E-state index contributed by atoms with van der Waals surface area (Å²) in [5.41, 5.74) is 2.37. The number of alkyl halides is 3. The van der Waals surface area contributed by atoms with Crippen LogP contribution in [0.25, 0.3) is 0 Å². The van der Waals surface area contributed by atoms with Crippen molar-refractivity contribution in [1.82, 2.24) is 4.98 Å². The second-order valence-electron chi connectivity index (χ2n) is 4.01. The Labute approximate surface area is 125 Å². The fraction of sp³-hybridized carbons (Fsp3) is 0.250. The highest BCUT2D eigenvalue weighted by Gasteiger charge is 2.40. The van der Waals surface area contributed by atoms with Gasteiger partial charge in [-0.15, -0.1) is 11.3 Å². The number of benzene rings is 1. The van der Waals surface area contributed by atoms with Gasteiger partial charge in [0.25, 0.3) is 0 Å². The molecule has 1 unspecified atom stereocenters. The van der Waals surface area contributed by atoms with Gasteiger partial charge in [-0.3, -0.25) is 0 Å². The Morgan fingerprint density at radius 3 is 2.75 bits per heavy atom. The molecule has 0 radical (unpaired) electrons. The number of thiazole rings is 1. The van der Waals surface area contributed by atoms with E-state index in [0.29, 0.717) is 4.47 Å². The Morgan fingerprint density at radius 2 is 2.15 bits per heavy atom. The zero-order valence-corrected chi connectivity index (χ0v) is 12.4. The predicted molar refractivity (Wildman–Crippen MR) is 74.6 cm³/mol. The number of halogens is 4. The van der Waals surface area contributed by atoms with Crippen molar-refractivity contribution in [3.63, 3.8) is 0 Å². The average Bonchev–Trinajstić information content (AvgIpc) is 2.87. The molecule has 0 fully saturated rings. The summed E-state index contributed by atoms with van der Waals surface area (Å²) >= 11 is 4.60. The molecule has 20 heavy (non-hydrogen) atoms. The molecule has 0 aliphatic carbocycles. The summed E-state index contributed by atoms with van der Waals surface area (Å²) in [5, 5.41) is 14.1. The second kappa shape index (κ2) is 6.11. The van der Waals surface area contributed by atoms with E-state index in [1.165, 1.54) is 29.5 Å². The monoisotopic (exact) mass is 366 g/mol. The van der Waals surface area contributed by atoms with Crippen LogP contribution >= 0.6 is 27.3 Å². The van der Waals surface area contributed by atoms with Crippen LogP contribution in [0.3, 0.4) is 0 Å². The third-order valence-corrected chi connectivity index (χ3v) is 3.69. The molecule has 0 aliphatic rings. The van der Waals surface area contributed by atoms with Crippen molar-refractivity contribution in [2.75, 3.05) is 5.32 Å². The lowest BCUT2D eigenvalue weighted by Crippen LogP contribution is -2.21. The van der Waals surface area contributed by atoms with Crippen molar-refractivity contribution in [1.29, 1.82) is 0 Å². The minimum absolute atomic E-state index is 0.212. The van der Waals surface area contributed by atoms with E-state index in [1.807, 2.05) is 0 Å². The lowest BCUT2D eigenvalue weighted by Gasteiger charge is -2.19. The minimum atomic E-state index is -4.70. The Bertz CT molecular complexity index is 575. The van der Waals surface area contributed by atoms with E-state index in [9.17, 15) is 18.3 Å². The van der Waals surface area contributed by atoms with Crippen molar-refractivity contribution in [2.24, 2.45) is 0 Å². The van der Waals surface area contributed by atoms with Gasteiger partial charge in [0.15, 0.2) is 6.10 Å². The lowest BCUT2D eigenvalue weighted by atomic mass is 10.1. The molecule has 1 aromatic carbocycles. The molecule has 0 saturated carbocycles. The van der Waals surface area contributed by atoms with Crippen LogP contribution in [0.2, 0.25) is 0 Å². The summed E-state index contributed by atoms with van der Waals surface area (Å²) in [7, 11) is 0. The third-order valence-electron chi connectivity index (χ3n) is 2.56. The largest absolute Gasteiger partial charge is 0.418 e. The Hall–Kier alpha value is -1.12. The van der Waals surface area contributed by atoms with Gasteiger partial charge in [0.2, 0.25) is 0 Å². The first-order chi connectivity index (χ1) is 9.38. The number of hydrogen-bond donors (Lipinski definition) is 2. The molecule has 2 rings (SSSR count). The predicted octanol–water partition coefficient (Wildman–Crippen LogP) is 4.11. The molecule has 0 spiro atoms. The third kappa shape index (κ3) is 3.71. The van der Waals surface area contributed by atoms with Gasteiger partial charge in [0.05, 0.1) is 17.7 Å². The van der Waals surface area contributed by atoms with Gasteiger partial charge in [0, 0.05) is 21.1 Å². The van der Waals surface area contributed by atoms with Crippen molar-refractivity contribution in [3.8, 4) is 0 Å². The second-order valence-corrected chi connectivity index (χ2v) is 5.64. The molecule has 1 aromatic heterocycles. The van der Waals surface area contributed by atoms with Crippen LogP contribution in [-0.4, -0.2) is 16.3 Å². The van der Waals surface area contributed by atoms with Crippen LogP contribution in [0.1, 0.15) is 17.4 Å². The highest BCUT2D eigenvalue weighted by atomic mass is 79.9. The van der Waals surface area contributed by atoms with E-state index in [4.69, 9.17) is 0 Å². The van der Waals surface area contributed by atoms with Crippen LogP contribution < -0.4 is 5.32 Å². The van der Waals surface area contributed by atoms with Crippen molar-refractivity contribution in [3.05, 3.63) is 44.8 Å². The molecule has 0 aliphatic heterocycles. The van der Waals surface area contributed by atoms with E-state index < -0.39 is 12.3 Å². The highest BCUT2D eigenvalue weighted by Crippen LogP contribution is 2.37. The minimum Gasteiger partial charge on any atom is -0.379 e. The summed E-state index contributed by atoms with van der Waals surface area (Å²) in [6.07, 6.45) is -7.22. The van der Waals surface area contributed by atoms with Gasteiger partial charge in [-0.2, -0.15) is 13.2 Å². The number of aromatic nitrogens is 1. The summed E-state index contributed by atoms with van der Waals surface area (Å²) < 4.78 is 38.5. The summed E-state index contributed by atoms with van der Waals surface area (Å²) in [6, 6.07) is 4.20. The lowest BCUT2D eigenvalue weighted by molar-refractivity contribution is -0.206. The van der Waals surface area contributed by atoms with Gasteiger partial charge < -0.3 is 10.4 Å². The first-order valence-electron chi connectivity index (χ1n) is 5.53. The van der Waals surface area contributed by atoms with E-state index in [1.54, 1.807) is 10.9 Å². The molecule has 1 atom stereocenters. The smallest absolute Gasteiger partial charge is 0.379 e. The van der Waals surface area contributed by atoms with Gasteiger partial charge in [-0.25, -0.2) is 4.98 Å². The Kier molecular flexibility index (Phi) is 4.66. The van der Waals surface area contributed by atoms with Crippen LogP contribution in [0.5, 0.6) is 0 Å². The maximum atomic E-state index is 12.6. The number of nitrogens with zero attached hydrogens (tertiary/aromatic N) is 1. The van der Waals surface area contributed by atoms with E-state index in [-0.39, 0.29) is 17.8 Å². The molecule has 0 saturated heterocycles. The van der Waals surface area contributed by atoms with Crippen molar-refractivity contribution in [2.45, 2.75) is 18.8 Å². The molecule has 3 nitrogen and oxygen atoms in total. The maximum absolute atomic E-state index is 12.6. The molecule has 2 N–H and O–H groups in total. The molecule has 8 heteroatoms. The number of hydrogen-bond acceptors (Lipinski definition) is 4. The first-order valence-corrected chi connectivity index (χ1v) is 7.26. The fourth-order valence-corrected chi connectivity index (χ4v) is 2.53. The average molecular weight is 367 g/mol. The van der Waals surface area contributed by atoms with Crippen LogP contribution in [0, 0.1) is 0 Å². The zero-order valence-electron chi connectivity index (χ0n) is 9.99. The van der Waals surface area contributed by atoms with Crippen molar-refractivity contribution >= 4 is 33.0 Å². The van der Waals surface area contributed by atoms with Crippen LogP contribution in [0.4, 0.5) is 18.9 Å². The first kappa shape index (κ1) is 15.3. The van der Waals surface area contributed by atoms with Gasteiger partial charge in [-0.1, -0.05) is 22.0 Å². The molecule has 108 valence electrons. The maximum Gasteiger partial charge on any atom is 0.418 e. The number of aliphatic hydroxyl groups excluding tert-OH is 1. The van der Waals surface area contributed by atoms with Gasteiger partial charge in [-0.05, 0) is 12.1 Å². The normalized spacial score (nSPS) is 13.2. The van der Waals surface area contributed by atoms with Crippen LogP contribution in [-0.2, 0) is 6.54 Å². The van der Waals surface area contributed by atoms with Crippen molar-refractivity contribution < 1.29 is 18.3 Å². The molecular weight excluding hydrogens is 357 g/mol. The topological polar surface area (TPSA) is 45.1 Å². The van der Waals surface area contributed by atoms with E-state index in [0.717, 1.165) is 5.69 Å². The van der Waals surface area contributed by atoms with E-state index >= 15 is 0 Å². The molecule has 1 heterocycles. The van der Waals surface area contributed by atoms with E-state index in [2.05, 4.69) is 26.2 Å².